The molecule has 2 heterocycles. The molecular formula is C14H13NOS. The van der Waals surface area contributed by atoms with Crippen molar-refractivity contribution in [1.82, 2.24) is 0 Å². The van der Waals surface area contributed by atoms with E-state index in [9.17, 15) is 0 Å². The maximum atomic E-state index is 6.20. The van der Waals surface area contributed by atoms with E-state index in [0.717, 1.165) is 12.2 Å². The summed E-state index contributed by atoms with van der Waals surface area (Å²) in [5.41, 5.74) is 6.20. The first kappa shape index (κ1) is 10.6. The minimum atomic E-state index is 0.0125. The maximum Gasteiger partial charge on any atom is 0.105 e. The largest absolute Gasteiger partial charge is 0.469 e. The predicted molar refractivity (Wildman–Crippen MR) is 71.2 cm³/mol. The van der Waals surface area contributed by atoms with Gasteiger partial charge >= 0.3 is 0 Å². The Bertz CT molecular complexity index is 579. The minimum absolute atomic E-state index is 0.0125. The Morgan fingerprint density at radius 3 is 2.82 bits per heavy atom. The Morgan fingerprint density at radius 1 is 1.18 bits per heavy atom. The summed E-state index contributed by atoms with van der Waals surface area (Å²) in [6.07, 6.45) is 2.44. The summed E-state index contributed by atoms with van der Waals surface area (Å²) in [6, 6.07) is 14.4. The Kier molecular flexibility index (Phi) is 2.71. The molecule has 2 aromatic heterocycles. The average molecular weight is 243 g/mol. The number of benzene rings is 1. The summed E-state index contributed by atoms with van der Waals surface area (Å²) in [4.78, 5) is 1.21. The molecule has 0 aliphatic heterocycles. The average Bonchev–Trinajstić information content (AvgIpc) is 2.96. The molecule has 1 aromatic carbocycles. The van der Waals surface area contributed by atoms with Crippen LogP contribution in [0.2, 0.25) is 0 Å². The Morgan fingerprint density at radius 2 is 2.06 bits per heavy atom. The molecule has 86 valence electrons. The van der Waals surface area contributed by atoms with Crippen molar-refractivity contribution in [3.05, 3.63) is 59.4 Å². The van der Waals surface area contributed by atoms with Crippen molar-refractivity contribution in [3.8, 4) is 0 Å². The van der Waals surface area contributed by atoms with E-state index < -0.39 is 0 Å². The van der Waals surface area contributed by atoms with Gasteiger partial charge in [0.15, 0.2) is 0 Å². The van der Waals surface area contributed by atoms with E-state index >= 15 is 0 Å². The van der Waals surface area contributed by atoms with Crippen LogP contribution in [-0.4, -0.2) is 0 Å². The smallest absolute Gasteiger partial charge is 0.105 e. The van der Waals surface area contributed by atoms with Crippen molar-refractivity contribution in [2.75, 3.05) is 0 Å². The van der Waals surface area contributed by atoms with Gasteiger partial charge in [-0.25, -0.2) is 0 Å². The fourth-order valence-electron chi connectivity index (χ4n) is 1.93. The van der Waals surface area contributed by atoms with Crippen molar-refractivity contribution in [2.45, 2.75) is 12.5 Å². The Hall–Kier alpha value is -1.58. The normalized spacial score (nSPS) is 13.0. The third kappa shape index (κ3) is 2.12. The van der Waals surface area contributed by atoms with Crippen LogP contribution >= 0.6 is 11.3 Å². The molecule has 3 heteroatoms. The molecule has 1 atom stereocenters. The zero-order valence-corrected chi connectivity index (χ0v) is 10.1. The van der Waals surface area contributed by atoms with Gasteiger partial charge in [-0.3, -0.25) is 0 Å². The Labute approximate surface area is 104 Å². The van der Waals surface area contributed by atoms with Crippen LogP contribution in [0.3, 0.4) is 0 Å². The van der Waals surface area contributed by atoms with Crippen molar-refractivity contribution in [1.29, 1.82) is 0 Å². The van der Waals surface area contributed by atoms with Gasteiger partial charge in [0.1, 0.15) is 5.76 Å². The van der Waals surface area contributed by atoms with E-state index in [-0.39, 0.29) is 6.04 Å². The van der Waals surface area contributed by atoms with E-state index in [4.69, 9.17) is 10.2 Å². The summed E-state index contributed by atoms with van der Waals surface area (Å²) in [5.74, 6) is 0.940. The third-order valence-corrected chi connectivity index (χ3v) is 4.06. The summed E-state index contributed by atoms with van der Waals surface area (Å²) >= 11 is 1.76. The monoisotopic (exact) mass is 243 g/mol. The van der Waals surface area contributed by atoms with E-state index in [1.807, 2.05) is 12.1 Å². The lowest BCUT2D eigenvalue weighted by Gasteiger charge is -2.06. The quantitative estimate of drug-likeness (QED) is 0.761. The molecule has 3 aromatic rings. The number of furan rings is 1. The highest BCUT2D eigenvalue weighted by atomic mass is 32.1. The number of rotatable bonds is 3. The second kappa shape index (κ2) is 4.35. The highest BCUT2D eigenvalue weighted by molar-refractivity contribution is 7.19. The molecule has 0 saturated carbocycles. The van der Waals surface area contributed by atoms with Crippen LogP contribution in [0.25, 0.3) is 10.1 Å². The highest BCUT2D eigenvalue weighted by Gasteiger charge is 2.11. The molecule has 0 aliphatic carbocycles. The molecule has 17 heavy (non-hydrogen) atoms. The van der Waals surface area contributed by atoms with Crippen LogP contribution in [0.5, 0.6) is 0 Å². The van der Waals surface area contributed by atoms with Crippen LogP contribution in [0.4, 0.5) is 0 Å². The lowest BCUT2D eigenvalue weighted by atomic mass is 10.1. The first-order valence-corrected chi connectivity index (χ1v) is 6.41. The fraction of sp³-hybridized carbons (Fsp3) is 0.143. The highest BCUT2D eigenvalue weighted by Crippen LogP contribution is 2.30. The maximum absolute atomic E-state index is 6.20. The molecule has 2 nitrogen and oxygen atoms in total. The summed E-state index contributed by atoms with van der Waals surface area (Å²) < 4.78 is 6.61. The van der Waals surface area contributed by atoms with E-state index in [2.05, 4.69) is 30.3 Å². The molecule has 1 unspecified atom stereocenters. The first-order valence-electron chi connectivity index (χ1n) is 5.59. The summed E-state index contributed by atoms with van der Waals surface area (Å²) in [6.45, 7) is 0. The van der Waals surface area contributed by atoms with Gasteiger partial charge in [-0.1, -0.05) is 18.2 Å². The third-order valence-electron chi connectivity index (χ3n) is 2.81. The minimum Gasteiger partial charge on any atom is -0.469 e. The second-order valence-corrected chi connectivity index (χ2v) is 5.19. The molecule has 0 aliphatic rings. The molecule has 0 spiro atoms. The summed E-state index contributed by atoms with van der Waals surface area (Å²) in [5, 5.41) is 1.27. The number of thiophene rings is 1. The lowest BCUT2D eigenvalue weighted by molar-refractivity contribution is 0.490. The lowest BCUT2D eigenvalue weighted by Crippen LogP contribution is -2.11. The zero-order valence-electron chi connectivity index (χ0n) is 9.30. The predicted octanol–water partition coefficient (Wildman–Crippen LogP) is 3.74. The van der Waals surface area contributed by atoms with E-state index in [1.54, 1.807) is 17.6 Å². The topological polar surface area (TPSA) is 39.2 Å². The number of hydrogen-bond acceptors (Lipinski definition) is 3. The van der Waals surface area contributed by atoms with Gasteiger partial charge in [0.05, 0.1) is 6.26 Å². The van der Waals surface area contributed by atoms with Crippen LogP contribution in [0.15, 0.2) is 53.1 Å². The van der Waals surface area contributed by atoms with Gasteiger partial charge in [-0.15, -0.1) is 11.3 Å². The number of nitrogens with two attached hydrogens (primary N) is 1. The molecule has 0 bridgehead atoms. The van der Waals surface area contributed by atoms with Crippen molar-refractivity contribution in [2.24, 2.45) is 5.73 Å². The molecule has 3 rings (SSSR count). The number of hydrogen-bond donors (Lipinski definition) is 1. The van der Waals surface area contributed by atoms with Crippen LogP contribution in [0, 0.1) is 0 Å². The SMILES string of the molecule is NC(Cc1ccco1)c1cc2ccccc2s1. The molecule has 2 N–H and O–H groups in total. The van der Waals surface area contributed by atoms with Crippen molar-refractivity contribution >= 4 is 21.4 Å². The van der Waals surface area contributed by atoms with Crippen LogP contribution < -0.4 is 5.73 Å². The second-order valence-electron chi connectivity index (χ2n) is 4.08. The standard InChI is InChI=1S/C14H13NOS/c15-12(9-11-5-3-7-16-11)14-8-10-4-1-2-6-13(10)17-14/h1-8,12H,9,15H2. The van der Waals surface area contributed by atoms with Crippen molar-refractivity contribution < 1.29 is 4.42 Å². The fourth-order valence-corrected chi connectivity index (χ4v) is 3.00. The van der Waals surface area contributed by atoms with Gasteiger partial charge in [0, 0.05) is 22.0 Å². The van der Waals surface area contributed by atoms with E-state index in [1.165, 1.54) is 15.0 Å². The van der Waals surface area contributed by atoms with Gasteiger partial charge in [-0.2, -0.15) is 0 Å². The van der Waals surface area contributed by atoms with Crippen LogP contribution in [0.1, 0.15) is 16.7 Å². The molecule has 0 amide bonds. The van der Waals surface area contributed by atoms with Gasteiger partial charge in [0.25, 0.3) is 0 Å². The molecule has 0 radical (unpaired) electrons. The van der Waals surface area contributed by atoms with E-state index in [0.29, 0.717) is 0 Å². The zero-order chi connectivity index (χ0) is 11.7. The van der Waals surface area contributed by atoms with Crippen molar-refractivity contribution in [3.63, 3.8) is 0 Å². The molecular weight excluding hydrogens is 230 g/mol. The first-order chi connectivity index (χ1) is 8.33. The van der Waals surface area contributed by atoms with Crippen LogP contribution in [-0.2, 0) is 6.42 Å². The summed E-state index contributed by atoms with van der Waals surface area (Å²) in [7, 11) is 0. The molecule has 0 saturated heterocycles. The Balaban J connectivity index is 1.88. The van der Waals surface area contributed by atoms with Gasteiger partial charge in [-0.05, 0) is 29.7 Å². The molecule has 0 fully saturated rings. The van der Waals surface area contributed by atoms with Gasteiger partial charge in [0.2, 0.25) is 0 Å². The van der Waals surface area contributed by atoms with Gasteiger partial charge < -0.3 is 10.2 Å². The number of fused-ring (bicyclic) bond motifs is 1.